The fourth-order valence-corrected chi connectivity index (χ4v) is 2.95. The van der Waals surface area contributed by atoms with Crippen LogP contribution in [-0.2, 0) is 0 Å². The second kappa shape index (κ2) is 10.5. The molecule has 0 amide bonds. The van der Waals surface area contributed by atoms with Crippen LogP contribution < -0.4 is 5.32 Å². The summed E-state index contributed by atoms with van der Waals surface area (Å²) in [7, 11) is 0. The molecule has 1 heteroatoms. The third kappa shape index (κ3) is 7.77. The summed E-state index contributed by atoms with van der Waals surface area (Å²) < 4.78 is 0. The molecule has 1 nitrogen and oxygen atoms in total. The average Bonchev–Trinajstić information content (AvgIpc) is 2.38. The van der Waals surface area contributed by atoms with Gasteiger partial charge in [0, 0.05) is 12.6 Å². The summed E-state index contributed by atoms with van der Waals surface area (Å²) in [6.07, 6.45) is 6.31. The Morgan fingerprint density at radius 1 is 0.947 bits per heavy atom. The quantitative estimate of drug-likeness (QED) is 0.493. The third-order valence-corrected chi connectivity index (χ3v) is 4.77. The fraction of sp³-hybridized carbons (Fsp3) is 0.889. The van der Waals surface area contributed by atoms with Crippen molar-refractivity contribution in [3.05, 3.63) is 12.2 Å². The third-order valence-electron chi connectivity index (χ3n) is 4.77. The van der Waals surface area contributed by atoms with E-state index < -0.39 is 0 Å². The Morgan fingerprint density at radius 3 is 1.89 bits per heavy atom. The van der Waals surface area contributed by atoms with Gasteiger partial charge in [0.1, 0.15) is 0 Å². The average molecular weight is 268 g/mol. The molecule has 0 spiro atoms. The van der Waals surface area contributed by atoms with Crippen LogP contribution in [-0.4, -0.2) is 12.6 Å². The van der Waals surface area contributed by atoms with Gasteiger partial charge in [0.2, 0.25) is 0 Å². The van der Waals surface area contributed by atoms with Crippen LogP contribution in [0.15, 0.2) is 12.2 Å². The van der Waals surface area contributed by atoms with Crippen LogP contribution in [0.3, 0.4) is 0 Å². The molecular weight excluding hydrogens is 230 g/mol. The summed E-state index contributed by atoms with van der Waals surface area (Å²) in [5.41, 5.74) is 1.37. The van der Waals surface area contributed by atoms with Crippen LogP contribution in [0.1, 0.15) is 73.6 Å². The molecule has 19 heavy (non-hydrogen) atoms. The monoisotopic (exact) mass is 267 g/mol. The van der Waals surface area contributed by atoms with Gasteiger partial charge in [-0.2, -0.15) is 0 Å². The first-order chi connectivity index (χ1) is 8.96. The van der Waals surface area contributed by atoms with Gasteiger partial charge in [-0.3, -0.25) is 0 Å². The van der Waals surface area contributed by atoms with E-state index in [-0.39, 0.29) is 0 Å². The van der Waals surface area contributed by atoms with Crippen molar-refractivity contribution in [3.63, 3.8) is 0 Å². The van der Waals surface area contributed by atoms with E-state index in [1.807, 2.05) is 0 Å². The first-order valence-corrected chi connectivity index (χ1v) is 8.36. The summed E-state index contributed by atoms with van der Waals surface area (Å²) in [6.45, 7) is 19.1. The maximum atomic E-state index is 4.24. The van der Waals surface area contributed by atoms with Gasteiger partial charge in [0.05, 0.1) is 0 Å². The molecule has 2 atom stereocenters. The molecule has 0 aliphatic rings. The summed E-state index contributed by atoms with van der Waals surface area (Å²) >= 11 is 0. The van der Waals surface area contributed by atoms with Crippen LogP contribution in [0, 0.1) is 17.8 Å². The van der Waals surface area contributed by atoms with Crippen LogP contribution in [0.25, 0.3) is 0 Å². The lowest BCUT2D eigenvalue weighted by atomic mass is 9.87. The van der Waals surface area contributed by atoms with Crippen molar-refractivity contribution in [1.29, 1.82) is 0 Å². The topological polar surface area (TPSA) is 12.0 Å². The maximum absolute atomic E-state index is 4.24. The van der Waals surface area contributed by atoms with Gasteiger partial charge in [-0.25, -0.2) is 0 Å². The van der Waals surface area contributed by atoms with Gasteiger partial charge in [0.25, 0.3) is 0 Å². The van der Waals surface area contributed by atoms with Crippen LogP contribution >= 0.6 is 0 Å². The highest BCUT2D eigenvalue weighted by Gasteiger charge is 2.14. The first kappa shape index (κ1) is 18.7. The Balaban J connectivity index is 3.92. The SMILES string of the molecule is C=C(CCC(CC)C(C)C)CNC(C)C(CC)CC. The van der Waals surface area contributed by atoms with Crippen molar-refractivity contribution < 1.29 is 0 Å². The van der Waals surface area contributed by atoms with E-state index in [9.17, 15) is 0 Å². The molecule has 0 aromatic carbocycles. The van der Waals surface area contributed by atoms with Gasteiger partial charge < -0.3 is 5.32 Å². The molecule has 0 heterocycles. The molecule has 1 N–H and O–H groups in total. The van der Waals surface area contributed by atoms with Gasteiger partial charge in [-0.05, 0) is 37.5 Å². The molecule has 0 aromatic heterocycles. The molecule has 0 radical (unpaired) electrons. The number of rotatable bonds is 11. The fourth-order valence-electron chi connectivity index (χ4n) is 2.95. The zero-order valence-electron chi connectivity index (χ0n) is 14.3. The van der Waals surface area contributed by atoms with Crippen molar-refractivity contribution in [2.24, 2.45) is 17.8 Å². The lowest BCUT2D eigenvalue weighted by Gasteiger charge is -2.24. The highest BCUT2D eigenvalue weighted by atomic mass is 14.9. The van der Waals surface area contributed by atoms with Crippen molar-refractivity contribution in [3.8, 4) is 0 Å². The van der Waals surface area contributed by atoms with Crippen LogP contribution in [0.4, 0.5) is 0 Å². The van der Waals surface area contributed by atoms with Crippen molar-refractivity contribution >= 4 is 0 Å². The maximum Gasteiger partial charge on any atom is 0.0164 e. The summed E-state index contributed by atoms with van der Waals surface area (Å²) in [5.74, 6) is 2.45. The molecule has 2 unspecified atom stereocenters. The van der Waals surface area contributed by atoms with E-state index in [2.05, 4.69) is 53.4 Å². The Hall–Kier alpha value is -0.300. The molecule has 0 saturated carbocycles. The highest BCUT2D eigenvalue weighted by molar-refractivity contribution is 4.97. The normalized spacial score (nSPS) is 14.9. The standard InChI is InChI=1S/C18H37N/c1-8-17(9-2)16(7)19-13-15(6)11-12-18(10-3)14(4)5/h14,16-19H,6,8-13H2,1-5,7H3. The van der Waals surface area contributed by atoms with Gasteiger partial charge in [-0.15, -0.1) is 0 Å². The number of nitrogens with one attached hydrogen (secondary N) is 1. The van der Waals surface area contributed by atoms with E-state index in [1.165, 1.54) is 37.7 Å². The molecule has 114 valence electrons. The predicted molar refractivity (Wildman–Crippen MR) is 88.5 cm³/mol. The second-order valence-corrected chi connectivity index (χ2v) is 6.45. The molecular formula is C18H37N. The van der Waals surface area contributed by atoms with E-state index in [4.69, 9.17) is 0 Å². The lowest BCUT2D eigenvalue weighted by Crippen LogP contribution is -2.34. The molecule has 0 aliphatic carbocycles. The molecule has 0 bridgehead atoms. The lowest BCUT2D eigenvalue weighted by molar-refractivity contribution is 0.342. The zero-order valence-corrected chi connectivity index (χ0v) is 14.3. The van der Waals surface area contributed by atoms with Gasteiger partial charge >= 0.3 is 0 Å². The van der Waals surface area contributed by atoms with Crippen molar-refractivity contribution in [2.75, 3.05) is 6.54 Å². The van der Waals surface area contributed by atoms with E-state index in [0.717, 1.165) is 24.3 Å². The molecule has 0 aliphatic heterocycles. The largest absolute Gasteiger partial charge is 0.310 e. The summed E-state index contributed by atoms with van der Waals surface area (Å²) in [6, 6.07) is 0.610. The number of hydrogen-bond acceptors (Lipinski definition) is 1. The predicted octanol–water partition coefficient (Wildman–Crippen LogP) is 5.42. The van der Waals surface area contributed by atoms with E-state index in [1.54, 1.807) is 0 Å². The molecule has 0 rings (SSSR count). The first-order valence-electron chi connectivity index (χ1n) is 8.36. The molecule has 0 fully saturated rings. The number of hydrogen-bond donors (Lipinski definition) is 1. The minimum Gasteiger partial charge on any atom is -0.310 e. The minimum absolute atomic E-state index is 0.610. The van der Waals surface area contributed by atoms with Gasteiger partial charge in [0.15, 0.2) is 0 Å². The van der Waals surface area contributed by atoms with Gasteiger partial charge in [-0.1, -0.05) is 66.0 Å². The molecule has 0 saturated heterocycles. The Morgan fingerprint density at radius 2 is 1.47 bits per heavy atom. The second-order valence-electron chi connectivity index (χ2n) is 6.45. The Kier molecular flexibility index (Phi) is 10.3. The summed E-state index contributed by atoms with van der Waals surface area (Å²) in [5, 5.41) is 3.66. The van der Waals surface area contributed by atoms with Crippen molar-refractivity contribution in [1.82, 2.24) is 5.32 Å². The van der Waals surface area contributed by atoms with Crippen LogP contribution in [0.5, 0.6) is 0 Å². The Bertz CT molecular complexity index is 228. The molecule has 0 aromatic rings. The van der Waals surface area contributed by atoms with Crippen molar-refractivity contribution in [2.45, 2.75) is 79.7 Å². The van der Waals surface area contributed by atoms with E-state index in [0.29, 0.717) is 6.04 Å². The smallest absolute Gasteiger partial charge is 0.0164 e. The van der Waals surface area contributed by atoms with E-state index >= 15 is 0 Å². The summed E-state index contributed by atoms with van der Waals surface area (Å²) in [4.78, 5) is 0. The highest BCUT2D eigenvalue weighted by Crippen LogP contribution is 2.22. The Labute approximate surface area is 122 Å². The van der Waals surface area contributed by atoms with Crippen LogP contribution in [0.2, 0.25) is 0 Å². The minimum atomic E-state index is 0.610. The zero-order chi connectivity index (χ0) is 14.8.